The van der Waals surface area contributed by atoms with Gasteiger partial charge in [-0.15, -0.1) is 11.7 Å². The van der Waals surface area contributed by atoms with Gasteiger partial charge in [0.25, 0.3) is 0 Å². The number of hydrogen-bond donors (Lipinski definition) is 1. The third kappa shape index (κ3) is 2.57. The van der Waals surface area contributed by atoms with Crippen molar-refractivity contribution in [2.75, 3.05) is 0 Å². The van der Waals surface area contributed by atoms with Gasteiger partial charge >= 0.3 is 0 Å². The van der Waals surface area contributed by atoms with Crippen LogP contribution >= 0.6 is 34.1 Å². The van der Waals surface area contributed by atoms with Crippen LogP contribution < -0.4 is 0 Å². The molecule has 0 aliphatic carbocycles. The Hall–Kier alpha value is -0.570. The molecular formula is C13H11ClS2. The summed E-state index contributed by atoms with van der Waals surface area (Å²) >= 11 is 10.2. The van der Waals surface area contributed by atoms with Gasteiger partial charge in [0.2, 0.25) is 0 Å². The van der Waals surface area contributed by atoms with Gasteiger partial charge < -0.3 is 0 Å². The molecule has 0 unspecified atom stereocenters. The lowest BCUT2D eigenvalue weighted by atomic mass is 10.0. The fraction of sp³-hybridized carbons (Fsp3) is 0.0769. The molecule has 2 rings (SSSR count). The minimum absolute atomic E-state index is 0.768. The second kappa shape index (κ2) is 5.17. The fourth-order valence-electron chi connectivity index (χ4n) is 1.67. The molecule has 0 saturated heterocycles. The molecule has 0 atom stereocenters. The monoisotopic (exact) mass is 266 g/mol. The lowest BCUT2D eigenvalue weighted by Gasteiger charge is -2.07. The highest BCUT2D eigenvalue weighted by atomic mass is 35.5. The Kier molecular flexibility index (Phi) is 3.85. The Bertz CT molecular complexity index is 509. The van der Waals surface area contributed by atoms with Crippen LogP contribution in [0.2, 0.25) is 5.02 Å². The molecule has 2 aromatic carbocycles. The Labute approximate surface area is 110 Å². The van der Waals surface area contributed by atoms with Gasteiger partial charge in [-0.25, -0.2) is 0 Å². The summed E-state index contributed by atoms with van der Waals surface area (Å²) in [5, 5.41) is 0.768. The zero-order valence-electron chi connectivity index (χ0n) is 8.77. The molecule has 0 heterocycles. The molecule has 0 radical (unpaired) electrons. The Morgan fingerprint density at radius 2 is 1.94 bits per heavy atom. The molecule has 0 N–H and O–H groups in total. The highest BCUT2D eigenvalue weighted by molar-refractivity contribution is 8.68. The molecule has 0 amide bonds. The summed E-state index contributed by atoms with van der Waals surface area (Å²) in [5.74, 6) is 0. The molecule has 0 nitrogen and oxygen atoms in total. The first kappa shape index (κ1) is 11.9. The second-order valence-electron chi connectivity index (χ2n) is 3.58. The van der Waals surface area contributed by atoms with Crippen molar-refractivity contribution in [1.82, 2.24) is 0 Å². The standard InChI is InChI=1S/C13H11ClS2/c1-9-7-12(16-15)5-6-13(9)10-3-2-4-11(14)8-10/h2-8,15H,1H3. The summed E-state index contributed by atoms with van der Waals surface area (Å²) in [5.41, 5.74) is 3.61. The molecule has 0 spiro atoms. The van der Waals surface area contributed by atoms with Crippen molar-refractivity contribution in [3.8, 4) is 11.1 Å². The molecule has 0 fully saturated rings. The summed E-state index contributed by atoms with van der Waals surface area (Å²) in [6.07, 6.45) is 0. The average molecular weight is 267 g/mol. The van der Waals surface area contributed by atoms with Crippen molar-refractivity contribution >= 4 is 34.1 Å². The average Bonchev–Trinajstić information content (AvgIpc) is 2.28. The number of hydrogen-bond acceptors (Lipinski definition) is 2. The second-order valence-corrected chi connectivity index (χ2v) is 5.22. The first-order chi connectivity index (χ1) is 7.70. The molecule has 82 valence electrons. The molecule has 16 heavy (non-hydrogen) atoms. The first-order valence-electron chi connectivity index (χ1n) is 4.89. The number of benzene rings is 2. The third-order valence-corrected chi connectivity index (χ3v) is 3.77. The van der Waals surface area contributed by atoms with Gasteiger partial charge in [0.15, 0.2) is 0 Å². The predicted octanol–water partition coefficient (Wildman–Crippen LogP) is 5.25. The summed E-state index contributed by atoms with van der Waals surface area (Å²) in [7, 11) is 1.46. The van der Waals surface area contributed by atoms with Gasteiger partial charge in [-0.1, -0.05) is 40.6 Å². The van der Waals surface area contributed by atoms with Crippen molar-refractivity contribution < 1.29 is 0 Å². The molecule has 0 bridgehead atoms. The van der Waals surface area contributed by atoms with Gasteiger partial charge in [0, 0.05) is 9.92 Å². The molecular weight excluding hydrogens is 256 g/mol. The predicted molar refractivity (Wildman–Crippen MR) is 76.5 cm³/mol. The van der Waals surface area contributed by atoms with Crippen molar-refractivity contribution in [3.63, 3.8) is 0 Å². The topological polar surface area (TPSA) is 0 Å². The highest BCUT2D eigenvalue weighted by Gasteiger charge is 2.03. The number of halogens is 1. The zero-order chi connectivity index (χ0) is 11.5. The van der Waals surface area contributed by atoms with E-state index in [0.29, 0.717) is 0 Å². The minimum Gasteiger partial charge on any atom is -0.106 e. The summed E-state index contributed by atoms with van der Waals surface area (Å²) in [6, 6.07) is 14.2. The van der Waals surface area contributed by atoms with Crippen LogP contribution in [0, 0.1) is 6.92 Å². The van der Waals surface area contributed by atoms with Crippen LogP contribution in [0.4, 0.5) is 0 Å². The van der Waals surface area contributed by atoms with Crippen LogP contribution in [0.15, 0.2) is 47.4 Å². The van der Waals surface area contributed by atoms with Gasteiger partial charge in [-0.05, 0) is 47.9 Å². The lowest BCUT2D eigenvalue weighted by molar-refractivity contribution is 1.36. The summed E-state index contributed by atoms with van der Waals surface area (Å²) < 4.78 is 0. The van der Waals surface area contributed by atoms with E-state index in [9.17, 15) is 0 Å². The van der Waals surface area contributed by atoms with Crippen molar-refractivity contribution in [1.29, 1.82) is 0 Å². The zero-order valence-corrected chi connectivity index (χ0v) is 11.2. The molecule has 0 aliphatic heterocycles. The summed E-state index contributed by atoms with van der Waals surface area (Å²) in [4.78, 5) is 1.16. The van der Waals surface area contributed by atoms with Crippen molar-refractivity contribution in [2.24, 2.45) is 0 Å². The van der Waals surface area contributed by atoms with E-state index in [1.807, 2.05) is 18.2 Å². The van der Waals surface area contributed by atoms with Gasteiger partial charge in [0.05, 0.1) is 0 Å². The largest absolute Gasteiger partial charge is 0.106 e. The van der Waals surface area contributed by atoms with E-state index in [4.69, 9.17) is 11.6 Å². The quantitative estimate of drug-likeness (QED) is 0.572. The van der Waals surface area contributed by atoms with E-state index < -0.39 is 0 Å². The number of thiol groups is 1. The first-order valence-corrected chi connectivity index (χ1v) is 7.13. The molecule has 0 aromatic heterocycles. The van der Waals surface area contributed by atoms with E-state index in [1.165, 1.54) is 21.9 Å². The highest BCUT2D eigenvalue weighted by Crippen LogP contribution is 2.30. The van der Waals surface area contributed by atoms with E-state index in [2.05, 4.69) is 42.9 Å². The third-order valence-electron chi connectivity index (χ3n) is 2.44. The molecule has 2 aromatic rings. The van der Waals surface area contributed by atoms with Crippen LogP contribution in [-0.4, -0.2) is 0 Å². The molecule has 0 aliphatic rings. The summed E-state index contributed by atoms with van der Waals surface area (Å²) in [6.45, 7) is 2.10. The Morgan fingerprint density at radius 3 is 2.56 bits per heavy atom. The number of rotatable bonds is 2. The van der Waals surface area contributed by atoms with E-state index in [-0.39, 0.29) is 0 Å². The van der Waals surface area contributed by atoms with Crippen molar-refractivity contribution in [3.05, 3.63) is 53.1 Å². The van der Waals surface area contributed by atoms with Crippen LogP contribution in [0.25, 0.3) is 11.1 Å². The Balaban J connectivity index is 2.48. The van der Waals surface area contributed by atoms with E-state index >= 15 is 0 Å². The minimum atomic E-state index is 0.768. The van der Waals surface area contributed by atoms with E-state index in [1.54, 1.807) is 0 Å². The smallest absolute Gasteiger partial charge is 0.0412 e. The van der Waals surface area contributed by atoms with E-state index in [0.717, 1.165) is 15.5 Å². The lowest BCUT2D eigenvalue weighted by Crippen LogP contribution is -1.83. The van der Waals surface area contributed by atoms with Crippen LogP contribution in [0.5, 0.6) is 0 Å². The van der Waals surface area contributed by atoms with Gasteiger partial charge in [-0.2, -0.15) is 0 Å². The number of aryl methyl sites for hydroxylation is 1. The van der Waals surface area contributed by atoms with Gasteiger partial charge in [0.1, 0.15) is 0 Å². The fourth-order valence-corrected chi connectivity index (χ4v) is 2.56. The van der Waals surface area contributed by atoms with Crippen LogP contribution in [-0.2, 0) is 0 Å². The SMILES string of the molecule is Cc1cc(SS)ccc1-c1cccc(Cl)c1. The maximum Gasteiger partial charge on any atom is 0.0412 e. The van der Waals surface area contributed by atoms with Crippen LogP contribution in [0.3, 0.4) is 0 Å². The van der Waals surface area contributed by atoms with Crippen molar-refractivity contribution in [2.45, 2.75) is 11.8 Å². The van der Waals surface area contributed by atoms with Crippen LogP contribution in [0.1, 0.15) is 5.56 Å². The maximum absolute atomic E-state index is 5.99. The maximum atomic E-state index is 5.99. The normalized spacial score (nSPS) is 10.4. The Morgan fingerprint density at radius 1 is 1.12 bits per heavy atom. The molecule has 0 saturated carbocycles. The van der Waals surface area contributed by atoms with Gasteiger partial charge in [-0.3, -0.25) is 0 Å². The molecule has 3 heteroatoms.